The van der Waals surface area contributed by atoms with Gasteiger partial charge in [0.05, 0.1) is 0 Å². The molecule has 1 aliphatic heterocycles. The van der Waals surface area contributed by atoms with Gasteiger partial charge in [0.25, 0.3) is 0 Å². The van der Waals surface area contributed by atoms with Crippen LogP contribution in [-0.2, 0) is 0 Å². The molecular formula is C13H26N2O. The Hall–Kier alpha value is -0.120. The Kier molecular flexibility index (Phi) is 4.62. The van der Waals surface area contributed by atoms with Crippen molar-refractivity contribution in [1.82, 2.24) is 10.6 Å². The summed E-state index contributed by atoms with van der Waals surface area (Å²) in [4.78, 5) is 0. The number of aliphatic hydroxyl groups is 1. The summed E-state index contributed by atoms with van der Waals surface area (Å²) in [6, 6.07) is 0.666. The zero-order valence-electron chi connectivity index (χ0n) is 10.3. The van der Waals surface area contributed by atoms with E-state index in [1.165, 1.54) is 51.5 Å². The molecule has 3 N–H and O–H groups in total. The van der Waals surface area contributed by atoms with Crippen molar-refractivity contribution >= 4 is 0 Å². The third-order valence-electron chi connectivity index (χ3n) is 4.34. The maximum Gasteiger partial charge on any atom is 0.0499 e. The Morgan fingerprint density at radius 1 is 1.12 bits per heavy atom. The second-order valence-electron chi connectivity index (χ2n) is 5.62. The lowest BCUT2D eigenvalue weighted by molar-refractivity contribution is 0.124. The van der Waals surface area contributed by atoms with Crippen LogP contribution in [0, 0.1) is 5.41 Å². The highest BCUT2D eigenvalue weighted by molar-refractivity contribution is 4.87. The Morgan fingerprint density at radius 3 is 2.69 bits per heavy atom. The predicted molar refractivity (Wildman–Crippen MR) is 66.5 cm³/mol. The molecule has 0 amide bonds. The fourth-order valence-corrected chi connectivity index (χ4v) is 3.10. The highest BCUT2D eigenvalue weighted by atomic mass is 16.3. The minimum absolute atomic E-state index is 0.208. The van der Waals surface area contributed by atoms with E-state index in [0.717, 1.165) is 13.1 Å². The van der Waals surface area contributed by atoms with Gasteiger partial charge in [-0.3, -0.25) is 0 Å². The fourth-order valence-electron chi connectivity index (χ4n) is 3.10. The number of rotatable bonds is 4. The van der Waals surface area contributed by atoms with Crippen LogP contribution < -0.4 is 10.6 Å². The summed E-state index contributed by atoms with van der Waals surface area (Å²) in [6.07, 6.45) is 8.83. The Labute approximate surface area is 99.0 Å². The first-order valence-electron chi connectivity index (χ1n) is 6.90. The monoisotopic (exact) mass is 226 g/mol. The van der Waals surface area contributed by atoms with Crippen molar-refractivity contribution in [2.45, 2.75) is 51.0 Å². The van der Waals surface area contributed by atoms with Gasteiger partial charge in [-0.25, -0.2) is 0 Å². The minimum Gasteiger partial charge on any atom is -0.396 e. The summed E-state index contributed by atoms with van der Waals surface area (Å²) in [5.74, 6) is 0. The van der Waals surface area contributed by atoms with Crippen LogP contribution in [0.25, 0.3) is 0 Å². The molecule has 0 aromatic rings. The van der Waals surface area contributed by atoms with Gasteiger partial charge in [-0.2, -0.15) is 0 Å². The zero-order valence-corrected chi connectivity index (χ0v) is 10.3. The molecule has 3 heteroatoms. The van der Waals surface area contributed by atoms with E-state index in [9.17, 15) is 5.11 Å². The number of aliphatic hydroxyl groups excluding tert-OH is 1. The molecule has 1 unspecified atom stereocenters. The molecule has 0 aromatic carbocycles. The van der Waals surface area contributed by atoms with Crippen LogP contribution in [0.5, 0.6) is 0 Å². The summed E-state index contributed by atoms with van der Waals surface area (Å²) in [6.45, 7) is 3.70. The van der Waals surface area contributed by atoms with Gasteiger partial charge in [-0.05, 0) is 45.2 Å². The van der Waals surface area contributed by atoms with Crippen molar-refractivity contribution in [1.29, 1.82) is 0 Å². The van der Waals surface area contributed by atoms with Crippen molar-refractivity contribution in [2.24, 2.45) is 5.41 Å². The van der Waals surface area contributed by atoms with Crippen LogP contribution in [0.3, 0.4) is 0 Å². The molecule has 0 aromatic heterocycles. The second-order valence-corrected chi connectivity index (χ2v) is 5.62. The van der Waals surface area contributed by atoms with Gasteiger partial charge in [0, 0.05) is 24.6 Å². The van der Waals surface area contributed by atoms with Gasteiger partial charge in [0.2, 0.25) is 0 Å². The van der Waals surface area contributed by atoms with Gasteiger partial charge in [-0.1, -0.05) is 12.8 Å². The van der Waals surface area contributed by atoms with E-state index in [2.05, 4.69) is 10.6 Å². The molecule has 1 atom stereocenters. The Bertz CT molecular complexity index is 194. The first-order chi connectivity index (χ1) is 7.85. The average Bonchev–Trinajstić information content (AvgIpc) is 2.63. The molecule has 2 rings (SSSR count). The summed E-state index contributed by atoms with van der Waals surface area (Å²) < 4.78 is 0. The lowest BCUT2D eigenvalue weighted by atomic mass is 9.87. The normalized spacial score (nSPS) is 30.2. The quantitative estimate of drug-likeness (QED) is 0.676. The van der Waals surface area contributed by atoms with E-state index in [4.69, 9.17) is 0 Å². The lowest BCUT2D eigenvalue weighted by Gasteiger charge is -2.29. The topological polar surface area (TPSA) is 44.3 Å². The number of nitrogens with one attached hydrogen (secondary N) is 2. The van der Waals surface area contributed by atoms with Crippen LogP contribution in [0.4, 0.5) is 0 Å². The predicted octanol–water partition coefficient (Wildman–Crippen LogP) is 1.27. The van der Waals surface area contributed by atoms with E-state index < -0.39 is 0 Å². The lowest BCUT2D eigenvalue weighted by Crippen LogP contribution is -2.40. The average molecular weight is 226 g/mol. The standard InChI is InChI=1S/C13H26N2O/c16-11-13(6-1-2-7-13)10-15-12-4-3-8-14-9-5-12/h12,14-16H,1-11H2. The molecule has 0 bridgehead atoms. The van der Waals surface area contributed by atoms with Crippen LogP contribution >= 0.6 is 0 Å². The van der Waals surface area contributed by atoms with Gasteiger partial charge < -0.3 is 15.7 Å². The molecule has 16 heavy (non-hydrogen) atoms. The van der Waals surface area contributed by atoms with Crippen LogP contribution in [-0.4, -0.2) is 37.4 Å². The van der Waals surface area contributed by atoms with Gasteiger partial charge in [0.15, 0.2) is 0 Å². The van der Waals surface area contributed by atoms with Gasteiger partial charge >= 0.3 is 0 Å². The van der Waals surface area contributed by atoms with Crippen molar-refractivity contribution in [3.8, 4) is 0 Å². The molecule has 2 aliphatic rings. The maximum absolute atomic E-state index is 9.55. The largest absolute Gasteiger partial charge is 0.396 e. The minimum atomic E-state index is 0.208. The zero-order chi connectivity index (χ0) is 11.3. The summed E-state index contributed by atoms with van der Waals surface area (Å²) in [7, 11) is 0. The molecule has 1 saturated carbocycles. The molecule has 1 heterocycles. The summed E-state index contributed by atoms with van der Waals surface area (Å²) in [5, 5.41) is 16.7. The van der Waals surface area contributed by atoms with Crippen molar-refractivity contribution in [2.75, 3.05) is 26.2 Å². The van der Waals surface area contributed by atoms with E-state index >= 15 is 0 Å². The number of hydrogen-bond acceptors (Lipinski definition) is 3. The SMILES string of the molecule is OCC1(CNC2CCCNCC2)CCCC1. The first-order valence-corrected chi connectivity index (χ1v) is 6.90. The molecule has 3 nitrogen and oxygen atoms in total. The van der Waals surface area contributed by atoms with Crippen molar-refractivity contribution in [3.63, 3.8) is 0 Å². The maximum atomic E-state index is 9.55. The van der Waals surface area contributed by atoms with E-state index in [1.54, 1.807) is 0 Å². The third-order valence-corrected chi connectivity index (χ3v) is 4.34. The second kappa shape index (κ2) is 5.99. The van der Waals surface area contributed by atoms with E-state index in [1.807, 2.05) is 0 Å². The molecular weight excluding hydrogens is 200 g/mol. The Balaban J connectivity index is 1.76. The van der Waals surface area contributed by atoms with E-state index in [-0.39, 0.29) is 5.41 Å². The molecule has 2 fully saturated rings. The summed E-state index contributed by atoms with van der Waals surface area (Å²) >= 11 is 0. The van der Waals surface area contributed by atoms with Gasteiger partial charge in [-0.15, -0.1) is 0 Å². The number of hydrogen-bond donors (Lipinski definition) is 3. The van der Waals surface area contributed by atoms with Gasteiger partial charge in [0.1, 0.15) is 0 Å². The van der Waals surface area contributed by atoms with Crippen molar-refractivity contribution in [3.05, 3.63) is 0 Å². The van der Waals surface area contributed by atoms with Crippen LogP contribution in [0.2, 0.25) is 0 Å². The van der Waals surface area contributed by atoms with Crippen LogP contribution in [0.15, 0.2) is 0 Å². The molecule has 1 saturated heterocycles. The molecule has 0 spiro atoms. The smallest absolute Gasteiger partial charge is 0.0499 e. The molecule has 0 radical (unpaired) electrons. The fraction of sp³-hybridized carbons (Fsp3) is 1.00. The molecule has 1 aliphatic carbocycles. The molecule has 94 valence electrons. The van der Waals surface area contributed by atoms with Crippen molar-refractivity contribution < 1.29 is 5.11 Å². The summed E-state index contributed by atoms with van der Waals surface area (Å²) in [5.41, 5.74) is 0.208. The third kappa shape index (κ3) is 3.19. The van der Waals surface area contributed by atoms with E-state index in [0.29, 0.717) is 12.6 Å². The Morgan fingerprint density at radius 2 is 1.94 bits per heavy atom. The highest BCUT2D eigenvalue weighted by Gasteiger charge is 2.33. The highest BCUT2D eigenvalue weighted by Crippen LogP contribution is 2.37. The van der Waals surface area contributed by atoms with Crippen LogP contribution in [0.1, 0.15) is 44.9 Å². The first kappa shape index (κ1) is 12.3.